The van der Waals surface area contributed by atoms with Gasteiger partial charge in [-0.3, -0.25) is 9.59 Å². The lowest BCUT2D eigenvalue weighted by molar-refractivity contribution is -0.143. The van der Waals surface area contributed by atoms with Gasteiger partial charge in [-0.2, -0.15) is 4.99 Å². The summed E-state index contributed by atoms with van der Waals surface area (Å²) in [7, 11) is -2.08. The van der Waals surface area contributed by atoms with E-state index in [1.165, 1.54) is 39.9 Å². The predicted molar refractivity (Wildman–Crippen MR) is 137 cm³/mol. The zero-order valence-corrected chi connectivity index (χ0v) is 22.1. The minimum Gasteiger partial charge on any atom is -0.465 e. The fourth-order valence-electron chi connectivity index (χ4n) is 3.51. The summed E-state index contributed by atoms with van der Waals surface area (Å²) >= 11 is 1.32. The van der Waals surface area contributed by atoms with Gasteiger partial charge in [0.25, 0.3) is 5.91 Å². The maximum absolute atomic E-state index is 13.0. The second-order valence-electron chi connectivity index (χ2n) is 8.05. The molecule has 0 atom stereocenters. The van der Waals surface area contributed by atoms with Crippen molar-refractivity contribution in [1.29, 1.82) is 0 Å². The Bertz CT molecular complexity index is 1370. The molecule has 1 amide bonds. The molecule has 35 heavy (non-hydrogen) atoms. The number of sulfonamides is 1. The second kappa shape index (κ2) is 11.7. The van der Waals surface area contributed by atoms with Gasteiger partial charge in [-0.05, 0) is 61.7 Å². The molecule has 0 N–H and O–H groups in total. The van der Waals surface area contributed by atoms with Gasteiger partial charge in [0.05, 0.1) is 21.7 Å². The molecular weight excluding hydrogens is 486 g/mol. The van der Waals surface area contributed by atoms with E-state index in [4.69, 9.17) is 4.74 Å². The highest BCUT2D eigenvalue weighted by atomic mass is 32.2. The molecule has 0 fully saturated rings. The zero-order valence-electron chi connectivity index (χ0n) is 20.5. The van der Waals surface area contributed by atoms with Crippen LogP contribution in [-0.4, -0.2) is 49.4 Å². The van der Waals surface area contributed by atoms with Gasteiger partial charge in [0.1, 0.15) is 6.54 Å². The van der Waals surface area contributed by atoms with Crippen molar-refractivity contribution in [3.63, 3.8) is 0 Å². The van der Waals surface area contributed by atoms with Crippen LogP contribution in [0.25, 0.3) is 10.2 Å². The van der Waals surface area contributed by atoms with Crippen LogP contribution in [-0.2, 0) is 32.5 Å². The van der Waals surface area contributed by atoms with E-state index in [-0.39, 0.29) is 23.6 Å². The summed E-state index contributed by atoms with van der Waals surface area (Å²) in [5, 5.41) is 0. The highest BCUT2D eigenvalue weighted by Gasteiger charge is 2.20. The minimum absolute atomic E-state index is 0.0628. The molecule has 3 aromatic rings. The quantitative estimate of drug-likeness (QED) is 0.379. The van der Waals surface area contributed by atoms with Gasteiger partial charge >= 0.3 is 5.97 Å². The smallest absolute Gasteiger partial charge is 0.326 e. The maximum Gasteiger partial charge on any atom is 0.326 e. The van der Waals surface area contributed by atoms with E-state index >= 15 is 0 Å². The van der Waals surface area contributed by atoms with Crippen molar-refractivity contribution in [3.8, 4) is 0 Å². The molecule has 0 spiro atoms. The zero-order chi connectivity index (χ0) is 25.6. The first kappa shape index (κ1) is 26.8. The van der Waals surface area contributed by atoms with Gasteiger partial charge in [0.2, 0.25) is 10.0 Å². The summed E-state index contributed by atoms with van der Waals surface area (Å²) in [4.78, 5) is 30.0. The number of aryl methyl sites for hydroxylation is 1. The number of ether oxygens (including phenoxy) is 1. The Kier molecular flexibility index (Phi) is 8.98. The fourth-order valence-corrected chi connectivity index (χ4v) is 5.81. The lowest BCUT2D eigenvalue weighted by Crippen LogP contribution is -2.27. The van der Waals surface area contributed by atoms with E-state index in [0.717, 1.165) is 35.0 Å². The van der Waals surface area contributed by atoms with Crippen LogP contribution in [0.2, 0.25) is 0 Å². The van der Waals surface area contributed by atoms with Crippen LogP contribution < -0.4 is 4.80 Å². The first-order valence-electron chi connectivity index (χ1n) is 11.6. The molecule has 1 aromatic heterocycles. The molecule has 2 aromatic carbocycles. The number of hydrogen-bond donors (Lipinski definition) is 0. The summed E-state index contributed by atoms with van der Waals surface area (Å²) < 4.78 is 34.5. The number of unbranched alkanes of at least 4 members (excludes halogenated alkanes) is 1. The second-order valence-corrected chi connectivity index (χ2v) is 11.1. The van der Waals surface area contributed by atoms with Crippen molar-refractivity contribution >= 4 is 43.5 Å². The van der Waals surface area contributed by atoms with Gasteiger partial charge in [-0.1, -0.05) is 37.7 Å². The number of aromatic nitrogens is 1. The SMILES string of the molecule is CCCCN(C)S(=O)(=O)c1ccc(C(=O)N=c2sc3cc(CC)ccc3n2CC(=O)OCC)cc1. The average molecular weight is 518 g/mol. The molecule has 0 aliphatic carbocycles. The number of rotatable bonds is 10. The van der Waals surface area contributed by atoms with Gasteiger partial charge < -0.3 is 9.30 Å². The molecule has 0 bridgehead atoms. The van der Waals surface area contributed by atoms with Crippen molar-refractivity contribution in [3.05, 3.63) is 58.4 Å². The van der Waals surface area contributed by atoms with Crippen molar-refractivity contribution in [1.82, 2.24) is 8.87 Å². The Morgan fingerprint density at radius 1 is 1.09 bits per heavy atom. The largest absolute Gasteiger partial charge is 0.465 e. The Balaban J connectivity index is 1.96. The number of hydrogen-bond acceptors (Lipinski definition) is 6. The van der Waals surface area contributed by atoms with Crippen LogP contribution in [0.15, 0.2) is 52.4 Å². The molecule has 0 aliphatic heterocycles. The van der Waals surface area contributed by atoms with E-state index in [9.17, 15) is 18.0 Å². The highest BCUT2D eigenvalue weighted by Crippen LogP contribution is 2.21. The minimum atomic E-state index is -3.62. The standard InChI is InChI=1S/C25H31N3O5S2/c1-5-8-15-27(4)35(31,32)20-12-10-19(11-13-20)24(30)26-25-28(17-23(29)33-7-3)21-14-9-18(6-2)16-22(21)34-25/h9-14,16H,5-8,15,17H2,1-4H3. The van der Waals surface area contributed by atoms with Crippen LogP contribution in [0.5, 0.6) is 0 Å². The number of benzene rings is 2. The molecule has 0 radical (unpaired) electrons. The van der Waals surface area contributed by atoms with Gasteiger partial charge in [-0.25, -0.2) is 12.7 Å². The Hall–Kier alpha value is -2.82. The molecule has 3 rings (SSSR count). The van der Waals surface area contributed by atoms with E-state index in [2.05, 4.69) is 11.9 Å². The van der Waals surface area contributed by atoms with Crippen LogP contribution >= 0.6 is 11.3 Å². The molecule has 188 valence electrons. The third-order valence-electron chi connectivity index (χ3n) is 5.58. The molecule has 0 aliphatic rings. The van der Waals surface area contributed by atoms with E-state index in [1.54, 1.807) is 18.5 Å². The molecule has 0 saturated carbocycles. The number of carbonyl (C=O) groups excluding carboxylic acids is 2. The van der Waals surface area contributed by atoms with Gasteiger partial charge in [0.15, 0.2) is 4.80 Å². The van der Waals surface area contributed by atoms with Crippen molar-refractivity contribution in [2.45, 2.75) is 51.5 Å². The Morgan fingerprint density at radius 3 is 2.43 bits per heavy atom. The lowest BCUT2D eigenvalue weighted by atomic mass is 10.2. The summed E-state index contributed by atoms with van der Waals surface area (Å²) in [6.45, 7) is 6.42. The lowest BCUT2D eigenvalue weighted by Gasteiger charge is -2.16. The topological polar surface area (TPSA) is 98.0 Å². The molecule has 10 heteroatoms. The Labute approximate surface area is 209 Å². The normalized spacial score (nSPS) is 12.4. The average Bonchev–Trinajstić information content (AvgIpc) is 3.18. The molecule has 1 heterocycles. The highest BCUT2D eigenvalue weighted by molar-refractivity contribution is 7.89. The van der Waals surface area contributed by atoms with Crippen molar-refractivity contribution in [2.75, 3.05) is 20.2 Å². The number of thiazole rings is 1. The predicted octanol–water partition coefficient (Wildman–Crippen LogP) is 3.99. The number of nitrogens with zero attached hydrogens (tertiary/aromatic N) is 3. The molecule has 8 nitrogen and oxygen atoms in total. The number of carbonyl (C=O) groups is 2. The van der Waals surface area contributed by atoms with Crippen molar-refractivity contribution in [2.24, 2.45) is 4.99 Å². The van der Waals surface area contributed by atoms with Gasteiger partial charge in [0, 0.05) is 19.2 Å². The third kappa shape index (κ3) is 6.25. The van der Waals surface area contributed by atoms with E-state index < -0.39 is 21.9 Å². The molecule has 0 saturated heterocycles. The fraction of sp³-hybridized carbons (Fsp3) is 0.400. The first-order chi connectivity index (χ1) is 16.7. The molecule has 0 unspecified atom stereocenters. The Morgan fingerprint density at radius 2 is 1.80 bits per heavy atom. The monoisotopic (exact) mass is 517 g/mol. The number of esters is 1. The summed E-state index contributed by atoms with van der Waals surface area (Å²) in [5.74, 6) is -0.935. The number of amides is 1. The third-order valence-corrected chi connectivity index (χ3v) is 8.49. The first-order valence-corrected chi connectivity index (χ1v) is 13.9. The van der Waals surface area contributed by atoms with Crippen LogP contribution in [0, 0.1) is 0 Å². The van der Waals surface area contributed by atoms with Crippen LogP contribution in [0.4, 0.5) is 0 Å². The van der Waals surface area contributed by atoms with E-state index in [0.29, 0.717) is 11.3 Å². The maximum atomic E-state index is 13.0. The summed E-state index contributed by atoms with van der Waals surface area (Å²) in [6.07, 6.45) is 2.52. The van der Waals surface area contributed by atoms with Crippen LogP contribution in [0.3, 0.4) is 0 Å². The summed E-state index contributed by atoms with van der Waals surface area (Å²) in [6, 6.07) is 11.7. The van der Waals surface area contributed by atoms with E-state index in [1.807, 2.05) is 25.1 Å². The molecular formula is C25H31N3O5S2. The summed E-state index contributed by atoms with van der Waals surface area (Å²) in [5.41, 5.74) is 2.19. The van der Waals surface area contributed by atoms with Crippen molar-refractivity contribution < 1.29 is 22.7 Å². The van der Waals surface area contributed by atoms with Gasteiger partial charge in [-0.15, -0.1) is 0 Å². The number of fused-ring (bicyclic) bond motifs is 1. The van der Waals surface area contributed by atoms with Crippen LogP contribution in [0.1, 0.15) is 49.5 Å².